The van der Waals surface area contributed by atoms with Gasteiger partial charge in [-0.2, -0.15) is 0 Å². The number of phosphoric acid groups is 1. The first-order valence-electron chi connectivity index (χ1n) is 1.37. The van der Waals surface area contributed by atoms with Gasteiger partial charge in [-0.1, -0.05) is 0 Å². The van der Waals surface area contributed by atoms with Crippen LogP contribution >= 0.6 is 16.1 Å². The molecule has 9 heavy (non-hydrogen) atoms. The zero-order valence-corrected chi connectivity index (χ0v) is 5.74. The van der Waals surface area contributed by atoms with Crippen LogP contribution in [0.5, 0.6) is 0 Å². The van der Waals surface area contributed by atoms with E-state index >= 15 is 0 Å². The lowest BCUT2D eigenvalue weighted by atomic mass is 15.8. The molecule has 0 aliphatic rings. The molecule has 0 aliphatic carbocycles. The highest BCUT2D eigenvalue weighted by Crippen LogP contribution is 2.25. The summed E-state index contributed by atoms with van der Waals surface area (Å²) in [5.41, 5.74) is 0. The Hall–Kier alpha value is 0.130. The highest BCUT2D eigenvalue weighted by molar-refractivity contribution is 7.45. The smallest absolute Gasteiger partial charge is 0.303 e. The van der Waals surface area contributed by atoms with Crippen LogP contribution in [0.3, 0.4) is 0 Å². The maximum atomic E-state index is 8.88. The topological polar surface area (TPSA) is 135 Å². The fourth-order valence-electron chi connectivity index (χ4n) is 0. The fraction of sp³-hybridized carbons (Fsp3) is 0. The van der Waals surface area contributed by atoms with Gasteiger partial charge in [0.2, 0.25) is 0 Å². The normalized spacial score (nSPS) is 9.44. The Labute approximate surface area is 50.8 Å². The molecule has 0 atom stereocenters. The van der Waals surface area contributed by atoms with E-state index in [2.05, 4.69) is 0 Å². The number of rotatable bonds is 0. The van der Waals surface area contributed by atoms with E-state index in [1.165, 1.54) is 0 Å². The lowest BCUT2D eigenvalue weighted by molar-refractivity contribution is 0.275. The largest absolute Gasteiger partial charge is 0.692 e. The Morgan fingerprint density at radius 1 is 1.11 bits per heavy atom. The molecule has 0 aromatic rings. The summed E-state index contributed by atoms with van der Waals surface area (Å²) < 4.78 is 17.6. The summed E-state index contributed by atoms with van der Waals surface area (Å²) in [7, 11) is -7.51. The van der Waals surface area contributed by atoms with Crippen molar-refractivity contribution < 1.29 is 33.6 Å². The lowest BCUT2D eigenvalue weighted by Crippen LogP contribution is -1.66. The molecule has 0 aromatic carbocycles. The van der Waals surface area contributed by atoms with Crippen molar-refractivity contribution in [2.45, 2.75) is 0 Å². The molecule has 0 heterocycles. The molecule has 0 rings (SSSR count). The Morgan fingerprint density at radius 3 is 1.11 bits per heavy atom. The quantitative estimate of drug-likeness (QED) is 0.291. The molecule has 0 aliphatic heterocycles. The molecule has 9 heteroatoms. The van der Waals surface area contributed by atoms with E-state index in [0.717, 1.165) is 0 Å². The summed E-state index contributed by atoms with van der Waals surface area (Å²) in [6, 6.07) is 0. The van der Waals surface area contributed by atoms with Crippen molar-refractivity contribution >= 4 is 16.1 Å². The standard InChI is InChI=1S/H3O4P.HO3P/c1-5(2,3)4;1-4(2)3/h(H3,1,2,3,4);(H-,1,2,3)/p+1. The molecule has 0 aromatic heterocycles. The summed E-state index contributed by atoms with van der Waals surface area (Å²) in [6.45, 7) is 0. The van der Waals surface area contributed by atoms with E-state index < -0.39 is 16.1 Å². The predicted molar refractivity (Wildman–Crippen MR) is 26.3 cm³/mol. The Morgan fingerprint density at radius 2 is 1.11 bits per heavy atom. The van der Waals surface area contributed by atoms with Crippen molar-refractivity contribution in [2.24, 2.45) is 0 Å². The van der Waals surface area contributed by atoms with E-state index in [-0.39, 0.29) is 0 Å². The second-order valence-corrected chi connectivity index (χ2v) is 2.30. The van der Waals surface area contributed by atoms with Crippen molar-refractivity contribution in [3.63, 3.8) is 0 Å². The molecule has 0 amide bonds. The molecule has 0 bridgehead atoms. The van der Waals surface area contributed by atoms with Crippen molar-refractivity contribution in [3.8, 4) is 0 Å². The molecular weight excluding hydrogens is 174 g/mol. The van der Waals surface area contributed by atoms with Crippen LogP contribution in [-0.2, 0) is 9.13 Å². The molecule has 5 N–H and O–H groups in total. The monoisotopic (exact) mass is 179 g/mol. The minimum absolute atomic E-state index is 2.87. The number of hydrogen-bond donors (Lipinski definition) is 5. The second-order valence-electron chi connectivity index (χ2n) is 0.766. The Bertz CT molecular complexity index is 107. The molecule has 7 nitrogen and oxygen atoms in total. The first-order chi connectivity index (χ1) is 3.73. The minimum atomic E-state index is -4.64. The van der Waals surface area contributed by atoms with Gasteiger partial charge in [-0.15, -0.1) is 9.79 Å². The van der Waals surface area contributed by atoms with Crippen LogP contribution in [0.15, 0.2) is 0 Å². The lowest BCUT2D eigenvalue weighted by Gasteiger charge is -1.82. The SMILES string of the molecule is O=P(O)(O)O.O=[P+](O)O. The maximum absolute atomic E-state index is 8.88. The van der Waals surface area contributed by atoms with Crippen LogP contribution in [0.2, 0.25) is 0 Å². The van der Waals surface area contributed by atoms with Crippen LogP contribution in [0, 0.1) is 0 Å². The van der Waals surface area contributed by atoms with E-state index in [9.17, 15) is 0 Å². The van der Waals surface area contributed by atoms with Gasteiger partial charge in [0.15, 0.2) is 0 Å². The Balaban J connectivity index is 0. The van der Waals surface area contributed by atoms with Gasteiger partial charge in [0.25, 0.3) is 0 Å². The van der Waals surface area contributed by atoms with Crippen LogP contribution < -0.4 is 0 Å². The van der Waals surface area contributed by atoms with Crippen molar-refractivity contribution in [2.75, 3.05) is 0 Å². The molecular formula is H5O7P2+. The summed E-state index contributed by atoms with van der Waals surface area (Å²) in [6.07, 6.45) is 0. The molecule has 0 fully saturated rings. The summed E-state index contributed by atoms with van der Waals surface area (Å²) in [5.74, 6) is 0. The zero-order valence-electron chi connectivity index (χ0n) is 3.95. The first-order valence-corrected chi connectivity index (χ1v) is 4.10. The minimum Gasteiger partial charge on any atom is -0.303 e. The third kappa shape index (κ3) is 18100. The average Bonchev–Trinajstić information content (AvgIpc) is 1.19. The number of hydrogen-bond acceptors (Lipinski definition) is 2. The molecule has 0 unspecified atom stereocenters. The van der Waals surface area contributed by atoms with E-state index in [0.29, 0.717) is 0 Å². The summed E-state index contributed by atoms with van der Waals surface area (Å²) in [5, 5.41) is 0. The average molecular weight is 179 g/mol. The maximum Gasteiger partial charge on any atom is 0.692 e. The van der Waals surface area contributed by atoms with Crippen molar-refractivity contribution in [3.05, 3.63) is 0 Å². The van der Waals surface area contributed by atoms with Crippen molar-refractivity contribution in [1.82, 2.24) is 0 Å². The van der Waals surface area contributed by atoms with Gasteiger partial charge in [0, 0.05) is 4.57 Å². The molecule has 0 saturated carbocycles. The van der Waals surface area contributed by atoms with Crippen LogP contribution in [0.25, 0.3) is 0 Å². The van der Waals surface area contributed by atoms with Crippen molar-refractivity contribution in [1.29, 1.82) is 0 Å². The van der Waals surface area contributed by atoms with Gasteiger partial charge in [-0.3, -0.25) is 0 Å². The summed E-state index contributed by atoms with van der Waals surface area (Å²) >= 11 is 0. The van der Waals surface area contributed by atoms with Crippen LogP contribution in [0.1, 0.15) is 0 Å². The third-order valence-corrected chi connectivity index (χ3v) is 0. The predicted octanol–water partition coefficient (Wildman–Crippen LogP) is -1.30. The zero-order chi connectivity index (χ0) is 8.08. The van der Waals surface area contributed by atoms with Gasteiger partial charge in [0.05, 0.1) is 0 Å². The second kappa shape index (κ2) is 4.96. The van der Waals surface area contributed by atoms with Gasteiger partial charge in [-0.25, -0.2) is 4.57 Å². The molecule has 0 radical (unpaired) electrons. The third-order valence-electron chi connectivity index (χ3n) is 0. The van der Waals surface area contributed by atoms with E-state index in [4.69, 9.17) is 33.6 Å². The van der Waals surface area contributed by atoms with E-state index in [1.54, 1.807) is 0 Å². The highest BCUT2D eigenvalue weighted by Gasteiger charge is 2.00. The van der Waals surface area contributed by atoms with Crippen LogP contribution in [0.4, 0.5) is 0 Å². The Kier molecular flexibility index (Phi) is 6.54. The van der Waals surface area contributed by atoms with E-state index in [1.807, 2.05) is 0 Å². The van der Waals surface area contributed by atoms with Gasteiger partial charge < -0.3 is 14.7 Å². The first kappa shape index (κ1) is 11.9. The molecule has 0 spiro atoms. The van der Waals surface area contributed by atoms with Crippen LogP contribution in [-0.4, -0.2) is 24.5 Å². The highest BCUT2D eigenvalue weighted by atomic mass is 31.2. The van der Waals surface area contributed by atoms with Gasteiger partial charge in [-0.05, 0) is 0 Å². The fourth-order valence-corrected chi connectivity index (χ4v) is 0. The molecule has 0 saturated heterocycles. The van der Waals surface area contributed by atoms with Gasteiger partial charge >= 0.3 is 16.1 Å². The van der Waals surface area contributed by atoms with Gasteiger partial charge in [0.1, 0.15) is 0 Å². The molecule has 56 valence electrons. The summed E-state index contributed by atoms with van der Waals surface area (Å²) in [4.78, 5) is 35.8.